The molecule has 0 saturated carbocycles. The third kappa shape index (κ3) is 3.59. The first-order valence-electron chi connectivity index (χ1n) is 6.30. The molecule has 2 aromatic rings. The molecule has 0 aliphatic carbocycles. The number of nitrogens with two attached hydrogens (primary N) is 1. The van der Waals surface area contributed by atoms with Crippen LogP contribution < -0.4 is 10.5 Å². The molecule has 0 atom stereocenters. The maximum Gasteiger partial charge on any atom is 0.182 e. The normalized spacial score (nSPS) is 11.4. The van der Waals surface area contributed by atoms with Gasteiger partial charge in [-0.3, -0.25) is 0 Å². The monoisotopic (exact) mass is 309 g/mol. The van der Waals surface area contributed by atoms with Gasteiger partial charge in [0.15, 0.2) is 9.84 Å². The summed E-state index contributed by atoms with van der Waals surface area (Å²) in [6.07, 6.45) is 0. The highest BCUT2D eigenvalue weighted by Gasteiger charge is 2.17. The first-order valence-corrected chi connectivity index (χ1v) is 7.95. The molecule has 0 unspecified atom stereocenters. The van der Waals surface area contributed by atoms with Crippen LogP contribution in [0.25, 0.3) is 0 Å². The van der Waals surface area contributed by atoms with Crippen LogP contribution in [0.1, 0.15) is 11.1 Å². The van der Waals surface area contributed by atoms with E-state index in [-0.39, 0.29) is 17.2 Å². The van der Waals surface area contributed by atoms with Crippen molar-refractivity contribution in [2.45, 2.75) is 17.2 Å². The fourth-order valence-corrected chi connectivity index (χ4v) is 3.39. The molecular weight excluding hydrogens is 293 g/mol. The molecule has 112 valence electrons. The van der Waals surface area contributed by atoms with Crippen molar-refractivity contribution in [2.24, 2.45) is 5.73 Å². The van der Waals surface area contributed by atoms with Crippen molar-refractivity contribution in [1.82, 2.24) is 0 Å². The highest BCUT2D eigenvalue weighted by atomic mass is 32.2. The topological polar surface area (TPSA) is 69.4 Å². The van der Waals surface area contributed by atoms with Crippen LogP contribution in [0, 0.1) is 5.82 Å². The number of benzene rings is 2. The first kappa shape index (κ1) is 15.5. The Morgan fingerprint density at radius 3 is 2.33 bits per heavy atom. The molecule has 0 bridgehead atoms. The maximum atomic E-state index is 13.3. The SMILES string of the molecule is COc1ccc(S(=O)(=O)Cc2cc(F)ccc2CN)cc1. The summed E-state index contributed by atoms with van der Waals surface area (Å²) >= 11 is 0. The van der Waals surface area contributed by atoms with Crippen LogP contribution in [0.15, 0.2) is 47.4 Å². The van der Waals surface area contributed by atoms with E-state index in [2.05, 4.69) is 0 Å². The van der Waals surface area contributed by atoms with E-state index < -0.39 is 15.7 Å². The molecule has 2 rings (SSSR count). The van der Waals surface area contributed by atoms with E-state index in [1.54, 1.807) is 12.1 Å². The molecule has 0 aliphatic heterocycles. The van der Waals surface area contributed by atoms with E-state index in [9.17, 15) is 12.8 Å². The van der Waals surface area contributed by atoms with Gasteiger partial charge in [0.25, 0.3) is 0 Å². The minimum absolute atomic E-state index is 0.160. The molecule has 0 saturated heterocycles. The Balaban J connectivity index is 2.34. The Morgan fingerprint density at radius 2 is 1.76 bits per heavy atom. The van der Waals surface area contributed by atoms with Gasteiger partial charge in [0.2, 0.25) is 0 Å². The third-order valence-electron chi connectivity index (χ3n) is 3.15. The summed E-state index contributed by atoms with van der Waals surface area (Å²) in [5, 5.41) is 0. The number of hydrogen-bond acceptors (Lipinski definition) is 4. The number of methoxy groups -OCH3 is 1. The summed E-state index contributed by atoms with van der Waals surface area (Å²) in [6.45, 7) is 0.160. The van der Waals surface area contributed by atoms with Crippen LogP contribution >= 0.6 is 0 Å². The number of halogens is 1. The van der Waals surface area contributed by atoms with E-state index >= 15 is 0 Å². The van der Waals surface area contributed by atoms with Crippen LogP contribution in [0.2, 0.25) is 0 Å². The van der Waals surface area contributed by atoms with Gasteiger partial charge in [0.1, 0.15) is 11.6 Å². The lowest BCUT2D eigenvalue weighted by molar-refractivity contribution is 0.414. The van der Waals surface area contributed by atoms with Crippen LogP contribution in [-0.2, 0) is 22.1 Å². The molecule has 0 heterocycles. The van der Waals surface area contributed by atoms with Gasteiger partial charge < -0.3 is 10.5 Å². The zero-order valence-electron chi connectivity index (χ0n) is 11.5. The van der Waals surface area contributed by atoms with Crippen molar-refractivity contribution < 1.29 is 17.5 Å². The van der Waals surface area contributed by atoms with Crippen LogP contribution in [-0.4, -0.2) is 15.5 Å². The Kier molecular flexibility index (Phi) is 4.59. The van der Waals surface area contributed by atoms with Crippen LogP contribution in [0.5, 0.6) is 5.75 Å². The second kappa shape index (κ2) is 6.24. The Morgan fingerprint density at radius 1 is 1.10 bits per heavy atom. The fourth-order valence-electron chi connectivity index (χ4n) is 2.00. The van der Waals surface area contributed by atoms with Gasteiger partial charge in [-0.2, -0.15) is 0 Å². The zero-order valence-corrected chi connectivity index (χ0v) is 12.4. The lowest BCUT2D eigenvalue weighted by Crippen LogP contribution is -2.09. The van der Waals surface area contributed by atoms with Crippen molar-refractivity contribution in [2.75, 3.05) is 7.11 Å². The molecule has 0 radical (unpaired) electrons. The molecule has 2 aromatic carbocycles. The fraction of sp³-hybridized carbons (Fsp3) is 0.200. The summed E-state index contributed by atoms with van der Waals surface area (Å²) in [4.78, 5) is 0.163. The number of ether oxygens (including phenoxy) is 1. The lowest BCUT2D eigenvalue weighted by Gasteiger charge is -2.09. The molecule has 2 N–H and O–H groups in total. The van der Waals surface area contributed by atoms with E-state index in [0.717, 1.165) is 0 Å². The summed E-state index contributed by atoms with van der Waals surface area (Å²) in [7, 11) is -2.06. The molecule has 4 nitrogen and oxygen atoms in total. The average molecular weight is 309 g/mol. The second-order valence-corrected chi connectivity index (χ2v) is 6.54. The van der Waals surface area contributed by atoms with Crippen LogP contribution in [0.3, 0.4) is 0 Å². The lowest BCUT2D eigenvalue weighted by atomic mass is 10.1. The number of sulfone groups is 1. The molecule has 0 aliphatic rings. The molecule has 0 aromatic heterocycles. The van der Waals surface area contributed by atoms with Gasteiger partial charge in [0.05, 0.1) is 17.8 Å². The molecule has 21 heavy (non-hydrogen) atoms. The summed E-state index contributed by atoms with van der Waals surface area (Å²) in [5.74, 6) is -0.196. The van der Waals surface area contributed by atoms with Crippen molar-refractivity contribution in [3.8, 4) is 5.75 Å². The molecule has 0 fully saturated rings. The van der Waals surface area contributed by atoms with Gasteiger partial charge in [-0.05, 0) is 47.5 Å². The molecule has 6 heteroatoms. The van der Waals surface area contributed by atoms with E-state index in [1.807, 2.05) is 0 Å². The zero-order chi connectivity index (χ0) is 15.5. The van der Waals surface area contributed by atoms with Crippen molar-refractivity contribution in [1.29, 1.82) is 0 Å². The summed E-state index contributed by atoms with van der Waals surface area (Å²) in [5.41, 5.74) is 6.56. The van der Waals surface area contributed by atoms with E-state index in [0.29, 0.717) is 16.9 Å². The number of rotatable bonds is 5. The van der Waals surface area contributed by atoms with Crippen molar-refractivity contribution in [3.05, 3.63) is 59.4 Å². The van der Waals surface area contributed by atoms with Gasteiger partial charge in [-0.15, -0.1) is 0 Å². The second-order valence-electron chi connectivity index (χ2n) is 4.55. The number of hydrogen-bond donors (Lipinski definition) is 1. The van der Waals surface area contributed by atoms with Crippen LogP contribution in [0.4, 0.5) is 4.39 Å². The van der Waals surface area contributed by atoms with E-state index in [4.69, 9.17) is 10.5 Å². The van der Waals surface area contributed by atoms with Gasteiger partial charge >= 0.3 is 0 Å². The Labute approximate surface area is 123 Å². The quantitative estimate of drug-likeness (QED) is 0.920. The standard InChI is InChI=1S/C15H16FNO3S/c1-20-14-4-6-15(7-5-14)21(18,19)10-12-8-13(16)3-2-11(12)9-17/h2-8H,9-10,17H2,1H3. The van der Waals surface area contributed by atoms with Gasteiger partial charge in [-0.25, -0.2) is 12.8 Å². The van der Waals surface area contributed by atoms with Gasteiger partial charge in [0, 0.05) is 6.54 Å². The minimum atomic E-state index is -3.57. The summed E-state index contributed by atoms with van der Waals surface area (Å²) in [6, 6.07) is 10.1. The largest absolute Gasteiger partial charge is 0.497 e. The molecular formula is C15H16FNO3S. The van der Waals surface area contributed by atoms with Crippen molar-refractivity contribution in [3.63, 3.8) is 0 Å². The highest BCUT2D eigenvalue weighted by Crippen LogP contribution is 2.22. The smallest absolute Gasteiger partial charge is 0.182 e. The van der Waals surface area contributed by atoms with E-state index in [1.165, 1.54) is 37.4 Å². The Hall–Kier alpha value is -1.92. The maximum absolute atomic E-state index is 13.3. The Bertz CT molecular complexity index is 727. The third-order valence-corrected chi connectivity index (χ3v) is 4.83. The predicted octanol–water partition coefficient (Wildman–Crippen LogP) is 2.27. The summed E-state index contributed by atoms with van der Waals surface area (Å²) < 4.78 is 43.1. The first-order chi connectivity index (χ1) is 9.96. The molecule has 0 amide bonds. The molecule has 0 spiro atoms. The highest BCUT2D eigenvalue weighted by molar-refractivity contribution is 7.90. The van der Waals surface area contributed by atoms with Gasteiger partial charge in [-0.1, -0.05) is 6.07 Å². The van der Waals surface area contributed by atoms with Crippen molar-refractivity contribution >= 4 is 9.84 Å². The minimum Gasteiger partial charge on any atom is -0.497 e. The average Bonchev–Trinajstić information content (AvgIpc) is 2.47. The predicted molar refractivity (Wildman–Crippen MR) is 78.2 cm³/mol.